The molecule has 3 aromatic rings. The first-order chi connectivity index (χ1) is 14.6. The molecule has 0 aliphatic heterocycles. The second-order valence-corrected chi connectivity index (χ2v) is 9.96. The van der Waals surface area contributed by atoms with Gasteiger partial charge in [0.15, 0.2) is 17.3 Å². The minimum Gasteiger partial charge on any atom is -0.493 e. The van der Waals surface area contributed by atoms with Gasteiger partial charge in [0.1, 0.15) is 5.76 Å². The van der Waals surface area contributed by atoms with E-state index in [9.17, 15) is 16.8 Å². The van der Waals surface area contributed by atoms with E-state index >= 15 is 0 Å². The van der Waals surface area contributed by atoms with Crippen molar-refractivity contribution in [2.45, 2.75) is 16.7 Å². The van der Waals surface area contributed by atoms with Gasteiger partial charge in [0.25, 0.3) is 20.0 Å². The predicted molar refractivity (Wildman–Crippen MR) is 114 cm³/mol. The molecular weight excluding hydrogens is 470 g/mol. The highest BCUT2D eigenvalue weighted by Gasteiger charge is 2.21. The van der Waals surface area contributed by atoms with Crippen LogP contribution in [0, 0.1) is 6.92 Å². The summed E-state index contributed by atoms with van der Waals surface area (Å²) < 4.78 is 70.1. The number of hydrogen-bond acceptors (Lipinski definition) is 8. The van der Waals surface area contributed by atoms with Gasteiger partial charge < -0.3 is 14.0 Å². The van der Waals surface area contributed by atoms with E-state index in [2.05, 4.69) is 14.6 Å². The van der Waals surface area contributed by atoms with E-state index in [0.717, 1.165) is 6.07 Å². The zero-order valence-corrected chi connectivity index (χ0v) is 18.9. The van der Waals surface area contributed by atoms with Crippen molar-refractivity contribution in [3.05, 3.63) is 53.2 Å². The number of sulfonamides is 2. The number of anilines is 2. The van der Waals surface area contributed by atoms with Crippen molar-refractivity contribution in [1.29, 1.82) is 0 Å². The Kier molecular flexibility index (Phi) is 6.34. The minimum absolute atomic E-state index is 0.00635. The van der Waals surface area contributed by atoms with Crippen molar-refractivity contribution in [3.8, 4) is 11.5 Å². The molecule has 31 heavy (non-hydrogen) atoms. The summed E-state index contributed by atoms with van der Waals surface area (Å²) in [5, 5.41) is 3.44. The fourth-order valence-electron chi connectivity index (χ4n) is 2.54. The average Bonchev–Trinajstić information content (AvgIpc) is 3.12. The molecule has 0 fully saturated rings. The number of rotatable bonds is 8. The summed E-state index contributed by atoms with van der Waals surface area (Å²) in [6.45, 7) is 1.61. The van der Waals surface area contributed by atoms with E-state index in [1.807, 2.05) is 0 Å². The lowest BCUT2D eigenvalue weighted by atomic mass is 10.3. The Labute approximate surface area is 184 Å². The Morgan fingerprint density at radius 1 is 0.871 bits per heavy atom. The van der Waals surface area contributed by atoms with E-state index in [0.29, 0.717) is 11.5 Å². The maximum absolute atomic E-state index is 12.7. The molecule has 0 atom stereocenters. The Morgan fingerprint density at radius 2 is 1.48 bits per heavy atom. The molecule has 0 radical (unpaired) electrons. The molecule has 0 saturated heterocycles. The summed E-state index contributed by atoms with van der Waals surface area (Å²) in [6.07, 6.45) is 0. The third-order valence-corrected chi connectivity index (χ3v) is 7.06. The standard InChI is InChI=1S/C18H18ClN3O7S2/c1-11-8-18(20-29-11)22-31(25,26)12-4-6-15(14(19)9-12)21-30(23,24)13-5-7-16(27-2)17(10-13)28-3/h4-10,21H,1-3H3,(H,20,22). The van der Waals surface area contributed by atoms with Crippen molar-refractivity contribution >= 4 is 43.2 Å². The van der Waals surface area contributed by atoms with Gasteiger partial charge in [-0.15, -0.1) is 0 Å². The van der Waals surface area contributed by atoms with Gasteiger partial charge in [-0.25, -0.2) is 16.8 Å². The summed E-state index contributed by atoms with van der Waals surface area (Å²) in [5.41, 5.74) is -0.00678. The van der Waals surface area contributed by atoms with Crippen LogP contribution >= 0.6 is 11.6 Å². The van der Waals surface area contributed by atoms with Crippen LogP contribution in [0.5, 0.6) is 11.5 Å². The molecule has 0 aliphatic carbocycles. The van der Waals surface area contributed by atoms with Crippen molar-refractivity contribution in [2.24, 2.45) is 0 Å². The second kappa shape index (κ2) is 8.65. The summed E-state index contributed by atoms with van der Waals surface area (Å²) in [4.78, 5) is -0.284. The monoisotopic (exact) mass is 487 g/mol. The number of aryl methyl sites for hydroxylation is 1. The van der Waals surface area contributed by atoms with E-state index in [4.69, 9.17) is 25.6 Å². The van der Waals surface area contributed by atoms with Crippen molar-refractivity contribution in [3.63, 3.8) is 0 Å². The second-order valence-electron chi connectivity index (χ2n) is 6.19. The van der Waals surface area contributed by atoms with Gasteiger partial charge in [0.05, 0.1) is 34.7 Å². The molecule has 0 aliphatic rings. The first-order valence-electron chi connectivity index (χ1n) is 8.56. The maximum atomic E-state index is 12.7. The van der Waals surface area contributed by atoms with Gasteiger partial charge in [-0.2, -0.15) is 0 Å². The molecule has 3 rings (SSSR count). The van der Waals surface area contributed by atoms with Crippen LogP contribution in [0.2, 0.25) is 5.02 Å². The largest absolute Gasteiger partial charge is 0.493 e. The predicted octanol–water partition coefficient (Wildman–Crippen LogP) is 3.26. The smallest absolute Gasteiger partial charge is 0.263 e. The molecule has 2 N–H and O–H groups in total. The lowest BCUT2D eigenvalue weighted by Crippen LogP contribution is -2.15. The molecule has 0 spiro atoms. The minimum atomic E-state index is -4.04. The first-order valence-corrected chi connectivity index (χ1v) is 11.9. The fourth-order valence-corrected chi connectivity index (χ4v) is 5.00. The number of benzene rings is 2. The number of hydrogen-bond donors (Lipinski definition) is 2. The zero-order valence-electron chi connectivity index (χ0n) is 16.5. The Balaban J connectivity index is 1.86. The first kappa shape index (κ1) is 22.7. The molecule has 0 amide bonds. The van der Waals surface area contributed by atoms with Gasteiger partial charge in [-0.3, -0.25) is 9.44 Å². The van der Waals surface area contributed by atoms with Gasteiger partial charge >= 0.3 is 0 Å². The SMILES string of the molecule is COc1ccc(S(=O)(=O)Nc2ccc(S(=O)(=O)Nc3cc(C)on3)cc2Cl)cc1OC. The zero-order chi connectivity index (χ0) is 22.8. The van der Waals surface area contributed by atoms with Crippen LogP contribution < -0.4 is 18.9 Å². The molecule has 2 aromatic carbocycles. The average molecular weight is 488 g/mol. The number of aromatic nitrogens is 1. The molecule has 13 heteroatoms. The van der Waals surface area contributed by atoms with Crippen LogP contribution in [0.1, 0.15) is 5.76 Å². The Bertz CT molecular complexity index is 1320. The van der Waals surface area contributed by atoms with Crippen LogP contribution in [0.4, 0.5) is 11.5 Å². The number of halogens is 1. The molecule has 0 bridgehead atoms. The van der Waals surface area contributed by atoms with Crippen LogP contribution in [0.15, 0.2) is 56.8 Å². The van der Waals surface area contributed by atoms with Gasteiger partial charge in [0, 0.05) is 12.1 Å². The highest BCUT2D eigenvalue weighted by atomic mass is 35.5. The fraction of sp³-hybridized carbons (Fsp3) is 0.167. The third-order valence-electron chi connectivity index (χ3n) is 4.03. The van der Waals surface area contributed by atoms with Crippen LogP contribution in [0.3, 0.4) is 0 Å². The molecule has 166 valence electrons. The number of methoxy groups -OCH3 is 2. The van der Waals surface area contributed by atoms with Gasteiger partial charge in [-0.1, -0.05) is 16.8 Å². The van der Waals surface area contributed by atoms with Crippen molar-refractivity contribution in [1.82, 2.24) is 5.16 Å². The summed E-state index contributed by atoms with van der Waals surface area (Å²) in [6, 6.07) is 9.03. The third kappa shape index (κ3) is 5.03. The van der Waals surface area contributed by atoms with E-state index < -0.39 is 20.0 Å². The molecule has 0 saturated carbocycles. The normalized spacial score (nSPS) is 11.7. The highest BCUT2D eigenvalue weighted by Crippen LogP contribution is 2.32. The van der Waals surface area contributed by atoms with Gasteiger partial charge in [-0.05, 0) is 37.3 Å². The molecular formula is C18H18ClN3O7S2. The quantitative estimate of drug-likeness (QED) is 0.494. The van der Waals surface area contributed by atoms with Crippen LogP contribution in [-0.2, 0) is 20.0 Å². The van der Waals surface area contributed by atoms with Crippen molar-refractivity contribution < 1.29 is 30.8 Å². The number of ether oxygens (including phenoxy) is 2. The molecule has 0 unspecified atom stereocenters. The van der Waals surface area contributed by atoms with Gasteiger partial charge in [0.2, 0.25) is 0 Å². The molecule has 10 nitrogen and oxygen atoms in total. The van der Waals surface area contributed by atoms with E-state index in [1.165, 1.54) is 50.6 Å². The number of nitrogens with zero attached hydrogens (tertiary/aromatic N) is 1. The lowest BCUT2D eigenvalue weighted by Gasteiger charge is -2.13. The van der Waals surface area contributed by atoms with Crippen LogP contribution in [-0.4, -0.2) is 36.2 Å². The summed E-state index contributed by atoms with van der Waals surface area (Å²) in [7, 11) is -5.25. The Hall–Kier alpha value is -2.96. The lowest BCUT2D eigenvalue weighted by molar-refractivity contribution is 0.354. The number of nitrogens with one attached hydrogen (secondary N) is 2. The summed E-state index contributed by atoms with van der Waals surface area (Å²) in [5.74, 6) is 1.03. The maximum Gasteiger partial charge on any atom is 0.263 e. The van der Waals surface area contributed by atoms with E-state index in [1.54, 1.807) is 6.92 Å². The Morgan fingerprint density at radius 3 is 2.06 bits per heavy atom. The van der Waals surface area contributed by atoms with Crippen molar-refractivity contribution in [2.75, 3.05) is 23.7 Å². The van der Waals surface area contributed by atoms with E-state index in [-0.39, 0.29) is 32.1 Å². The molecule has 1 heterocycles. The van der Waals surface area contributed by atoms with Crippen LogP contribution in [0.25, 0.3) is 0 Å². The molecule has 1 aromatic heterocycles. The topological polar surface area (TPSA) is 137 Å². The highest BCUT2D eigenvalue weighted by molar-refractivity contribution is 7.93. The summed E-state index contributed by atoms with van der Waals surface area (Å²) >= 11 is 6.14.